The lowest BCUT2D eigenvalue weighted by Gasteiger charge is -2.10. The van der Waals surface area contributed by atoms with Crippen LogP contribution >= 0.6 is 0 Å². The van der Waals surface area contributed by atoms with Gasteiger partial charge in [0.1, 0.15) is 9.52 Å². The molecule has 0 bridgehead atoms. The van der Waals surface area contributed by atoms with Crippen molar-refractivity contribution < 1.29 is 43.9 Å². The molecule has 0 N–H and O–H groups in total. The van der Waals surface area contributed by atoms with Crippen molar-refractivity contribution in [3.63, 3.8) is 0 Å². The topological polar surface area (TPSA) is 0 Å². The lowest BCUT2D eigenvalue weighted by molar-refractivity contribution is 0.382. The highest BCUT2D eigenvalue weighted by molar-refractivity contribution is 6.67. The SMILES string of the molecule is Fc1c(F)c(F)c([SiH2]c2c(F)c(F)c(F)c(F)c2F)c(F)c1F. The zero-order chi connectivity index (χ0) is 17.6. The quantitative estimate of drug-likeness (QED) is 0.332. The molecule has 0 aliphatic heterocycles. The summed E-state index contributed by atoms with van der Waals surface area (Å²) in [5, 5.41) is -3.19. The molecule has 0 aliphatic carbocycles. The molecular formula is C12H2F10Si. The molecule has 2 aromatic rings. The van der Waals surface area contributed by atoms with Crippen LogP contribution < -0.4 is 10.4 Å². The Labute approximate surface area is 123 Å². The minimum absolute atomic E-state index is 1.59. The molecule has 0 saturated carbocycles. The van der Waals surface area contributed by atoms with Gasteiger partial charge in [0.05, 0.1) is 0 Å². The van der Waals surface area contributed by atoms with Crippen molar-refractivity contribution in [1.29, 1.82) is 0 Å². The van der Waals surface area contributed by atoms with E-state index >= 15 is 0 Å². The first-order valence-corrected chi connectivity index (χ1v) is 7.01. The van der Waals surface area contributed by atoms with Gasteiger partial charge in [-0.1, -0.05) is 0 Å². The molecule has 124 valence electrons. The number of halogens is 10. The van der Waals surface area contributed by atoms with Gasteiger partial charge in [0, 0.05) is 10.4 Å². The van der Waals surface area contributed by atoms with Crippen LogP contribution in [0.4, 0.5) is 43.9 Å². The maximum absolute atomic E-state index is 13.4. The molecule has 2 aromatic carbocycles. The van der Waals surface area contributed by atoms with Gasteiger partial charge in [0.25, 0.3) is 0 Å². The fraction of sp³-hybridized carbons (Fsp3) is 0. The first kappa shape index (κ1) is 17.3. The van der Waals surface area contributed by atoms with E-state index in [9.17, 15) is 43.9 Å². The van der Waals surface area contributed by atoms with Gasteiger partial charge in [-0.05, 0) is 0 Å². The van der Waals surface area contributed by atoms with E-state index in [0.717, 1.165) is 0 Å². The second-order valence-corrected chi connectivity index (χ2v) is 6.04. The molecule has 0 fully saturated rings. The summed E-state index contributed by atoms with van der Waals surface area (Å²) >= 11 is 0. The lowest BCUT2D eigenvalue weighted by Crippen LogP contribution is -2.39. The third-order valence-electron chi connectivity index (χ3n) is 2.95. The van der Waals surface area contributed by atoms with Crippen molar-refractivity contribution in [2.75, 3.05) is 0 Å². The van der Waals surface area contributed by atoms with Crippen LogP contribution in [0, 0.1) is 58.2 Å². The molecule has 0 nitrogen and oxygen atoms in total. The Hall–Kier alpha value is -2.04. The predicted octanol–water partition coefficient (Wildman–Crippen LogP) is 2.20. The normalized spacial score (nSPS) is 11.2. The lowest BCUT2D eigenvalue weighted by atomic mass is 10.3. The molecule has 11 heteroatoms. The van der Waals surface area contributed by atoms with Crippen LogP contribution in [0.1, 0.15) is 0 Å². The Morgan fingerprint density at radius 1 is 0.304 bits per heavy atom. The van der Waals surface area contributed by atoms with E-state index in [4.69, 9.17) is 0 Å². The summed E-state index contributed by atoms with van der Waals surface area (Å²) in [6.45, 7) is 0. The molecule has 0 aliphatic rings. The van der Waals surface area contributed by atoms with Gasteiger partial charge < -0.3 is 0 Å². The summed E-state index contributed by atoms with van der Waals surface area (Å²) in [7, 11) is -3.26. The van der Waals surface area contributed by atoms with Gasteiger partial charge in [0.15, 0.2) is 46.5 Å². The first-order valence-electron chi connectivity index (χ1n) is 5.60. The Morgan fingerprint density at radius 2 is 0.478 bits per heavy atom. The van der Waals surface area contributed by atoms with Gasteiger partial charge in [-0.15, -0.1) is 0 Å². The van der Waals surface area contributed by atoms with E-state index in [0.29, 0.717) is 0 Å². The summed E-state index contributed by atoms with van der Waals surface area (Å²) in [4.78, 5) is 0. The van der Waals surface area contributed by atoms with Gasteiger partial charge in [0.2, 0.25) is 11.6 Å². The van der Waals surface area contributed by atoms with Crippen LogP contribution in [0.3, 0.4) is 0 Å². The van der Waals surface area contributed by atoms with Crippen molar-refractivity contribution in [1.82, 2.24) is 0 Å². The third kappa shape index (κ3) is 2.58. The fourth-order valence-electron chi connectivity index (χ4n) is 1.79. The van der Waals surface area contributed by atoms with Crippen LogP contribution in [0.15, 0.2) is 0 Å². The Bertz CT molecular complexity index is 691. The molecule has 0 heterocycles. The second kappa shape index (κ2) is 5.87. The Morgan fingerprint density at radius 3 is 0.696 bits per heavy atom. The van der Waals surface area contributed by atoms with E-state index in [1.54, 1.807) is 0 Å². The number of hydrogen-bond acceptors (Lipinski definition) is 0. The van der Waals surface area contributed by atoms with Crippen molar-refractivity contribution >= 4 is 19.9 Å². The van der Waals surface area contributed by atoms with Crippen LogP contribution in [0.5, 0.6) is 0 Å². The van der Waals surface area contributed by atoms with Crippen LogP contribution in [0.2, 0.25) is 0 Å². The Balaban J connectivity index is 2.71. The van der Waals surface area contributed by atoms with E-state index in [1.807, 2.05) is 0 Å². The zero-order valence-corrected chi connectivity index (χ0v) is 11.9. The first-order chi connectivity index (χ1) is 10.6. The van der Waals surface area contributed by atoms with Crippen molar-refractivity contribution in [3.8, 4) is 0 Å². The standard InChI is InChI=1S/C12H2F10Si/c13-1-3(15)7(19)11(8(20)4(1)16)23-12-9(21)5(17)2(14)6(18)10(12)22/h23H2. The minimum atomic E-state index is -3.26. The van der Waals surface area contributed by atoms with Crippen LogP contribution in [-0.2, 0) is 0 Å². The highest BCUT2D eigenvalue weighted by atomic mass is 28.2. The molecular weight excluding hydrogens is 362 g/mol. The number of rotatable bonds is 2. The van der Waals surface area contributed by atoms with Crippen molar-refractivity contribution in [2.45, 2.75) is 0 Å². The maximum atomic E-state index is 13.4. The second-order valence-electron chi connectivity index (χ2n) is 4.27. The smallest absolute Gasteiger partial charge is 0.200 e. The average molecular weight is 364 g/mol. The van der Waals surface area contributed by atoms with Gasteiger partial charge in [-0.25, -0.2) is 43.9 Å². The highest BCUT2D eigenvalue weighted by Gasteiger charge is 2.30. The predicted molar refractivity (Wildman–Crippen MR) is 60.3 cm³/mol. The van der Waals surface area contributed by atoms with Gasteiger partial charge in [-0.3, -0.25) is 0 Å². The summed E-state index contributed by atoms with van der Waals surface area (Å²) in [5.74, 6) is -24.0. The summed E-state index contributed by atoms with van der Waals surface area (Å²) in [5.41, 5.74) is 0. The highest BCUT2D eigenvalue weighted by Crippen LogP contribution is 2.18. The maximum Gasteiger partial charge on any atom is 0.200 e. The zero-order valence-electron chi connectivity index (χ0n) is 10.5. The van der Waals surface area contributed by atoms with Crippen LogP contribution in [0.25, 0.3) is 0 Å². The molecule has 0 radical (unpaired) electrons. The van der Waals surface area contributed by atoms with Gasteiger partial charge >= 0.3 is 0 Å². The summed E-state index contributed by atoms with van der Waals surface area (Å²) in [6.07, 6.45) is 0. The molecule has 0 amide bonds. The van der Waals surface area contributed by atoms with E-state index in [1.165, 1.54) is 0 Å². The molecule has 0 atom stereocenters. The Kier molecular flexibility index (Phi) is 4.42. The molecule has 0 saturated heterocycles. The molecule has 0 unspecified atom stereocenters. The molecule has 2 rings (SSSR count). The summed E-state index contributed by atoms with van der Waals surface area (Å²) < 4.78 is 131. The van der Waals surface area contributed by atoms with Crippen molar-refractivity contribution in [3.05, 3.63) is 58.2 Å². The molecule has 0 spiro atoms. The monoisotopic (exact) mass is 364 g/mol. The van der Waals surface area contributed by atoms with E-state index < -0.39 is 78.1 Å². The van der Waals surface area contributed by atoms with Gasteiger partial charge in [-0.2, -0.15) is 0 Å². The minimum Gasteiger partial charge on any atom is -0.204 e. The fourth-order valence-corrected chi connectivity index (χ4v) is 3.38. The van der Waals surface area contributed by atoms with Crippen molar-refractivity contribution in [2.24, 2.45) is 0 Å². The third-order valence-corrected chi connectivity index (χ3v) is 4.90. The van der Waals surface area contributed by atoms with E-state index in [2.05, 4.69) is 0 Å². The van der Waals surface area contributed by atoms with Crippen LogP contribution in [-0.4, -0.2) is 9.52 Å². The summed E-state index contributed by atoms with van der Waals surface area (Å²) in [6, 6.07) is 0. The van der Waals surface area contributed by atoms with E-state index in [-0.39, 0.29) is 0 Å². The average Bonchev–Trinajstić information content (AvgIpc) is 2.54. The number of hydrogen-bond donors (Lipinski definition) is 0. The largest absolute Gasteiger partial charge is 0.204 e. The number of benzene rings is 2. The molecule has 23 heavy (non-hydrogen) atoms. The molecule has 0 aromatic heterocycles.